The smallest absolute Gasteiger partial charge is 0.237 e. The van der Waals surface area contributed by atoms with Gasteiger partial charge in [-0.3, -0.25) is 4.79 Å². The van der Waals surface area contributed by atoms with Gasteiger partial charge in [-0.1, -0.05) is 20.3 Å². The van der Waals surface area contributed by atoms with E-state index in [4.69, 9.17) is 5.73 Å². The Morgan fingerprint density at radius 1 is 1.47 bits per heavy atom. The molecule has 1 aromatic rings. The number of rotatable bonds is 6. The van der Waals surface area contributed by atoms with Gasteiger partial charge in [-0.05, 0) is 36.8 Å². The van der Waals surface area contributed by atoms with Crippen LogP contribution in [-0.2, 0) is 4.79 Å². The molecule has 0 bridgehead atoms. The minimum atomic E-state index is -0.408. The molecule has 0 aliphatic carbocycles. The number of anilines is 2. The van der Waals surface area contributed by atoms with Crippen LogP contribution in [0.3, 0.4) is 0 Å². The topological polar surface area (TPSA) is 55.1 Å². The van der Waals surface area contributed by atoms with Crippen molar-refractivity contribution >= 4 is 29.0 Å². The van der Waals surface area contributed by atoms with Gasteiger partial charge in [-0.2, -0.15) is 0 Å². The number of thioether (sulfide) groups is 1. The molecular formula is C14H21FN2OS. The number of halogens is 1. The molecule has 1 rings (SSSR count). The summed E-state index contributed by atoms with van der Waals surface area (Å²) >= 11 is 1.62. The predicted octanol–water partition coefficient (Wildman–Crippen LogP) is 3.51. The monoisotopic (exact) mass is 284 g/mol. The van der Waals surface area contributed by atoms with E-state index in [-0.39, 0.29) is 16.8 Å². The molecule has 106 valence electrons. The number of hydrogen-bond acceptors (Lipinski definition) is 3. The van der Waals surface area contributed by atoms with Crippen molar-refractivity contribution < 1.29 is 9.18 Å². The number of nitrogen functional groups attached to an aromatic ring is 1. The van der Waals surface area contributed by atoms with E-state index in [1.165, 1.54) is 18.2 Å². The van der Waals surface area contributed by atoms with E-state index in [1.807, 2.05) is 6.92 Å². The van der Waals surface area contributed by atoms with Gasteiger partial charge in [-0.15, -0.1) is 11.8 Å². The van der Waals surface area contributed by atoms with Crippen molar-refractivity contribution in [2.45, 2.75) is 32.4 Å². The van der Waals surface area contributed by atoms with Crippen LogP contribution >= 0.6 is 11.8 Å². The summed E-state index contributed by atoms with van der Waals surface area (Å²) < 4.78 is 12.9. The Balaban J connectivity index is 2.54. The standard InChI is InChI=1S/C14H21FN2OS/c1-4-9(2)8-19-10(3)14(18)17-13-6-5-11(15)7-12(13)16/h5-7,9-10H,4,8,16H2,1-3H3,(H,17,18). The fourth-order valence-electron chi connectivity index (χ4n) is 1.38. The molecule has 0 aromatic heterocycles. The van der Waals surface area contributed by atoms with Crippen molar-refractivity contribution in [2.75, 3.05) is 16.8 Å². The Labute approximate surface area is 118 Å². The number of carbonyl (C=O) groups excluding carboxylic acids is 1. The van der Waals surface area contributed by atoms with Gasteiger partial charge >= 0.3 is 0 Å². The Bertz CT molecular complexity index is 439. The van der Waals surface area contributed by atoms with E-state index >= 15 is 0 Å². The van der Waals surface area contributed by atoms with Crippen LogP contribution in [0.1, 0.15) is 27.2 Å². The highest BCUT2D eigenvalue weighted by atomic mass is 32.2. The molecule has 0 saturated heterocycles. The van der Waals surface area contributed by atoms with Gasteiger partial charge < -0.3 is 11.1 Å². The van der Waals surface area contributed by atoms with Crippen molar-refractivity contribution in [2.24, 2.45) is 5.92 Å². The van der Waals surface area contributed by atoms with Crippen molar-refractivity contribution in [1.29, 1.82) is 0 Å². The number of nitrogens with one attached hydrogen (secondary N) is 1. The van der Waals surface area contributed by atoms with Gasteiger partial charge in [0.2, 0.25) is 5.91 Å². The van der Waals surface area contributed by atoms with E-state index in [9.17, 15) is 9.18 Å². The number of amides is 1. The van der Waals surface area contributed by atoms with Crippen LogP contribution in [0, 0.1) is 11.7 Å². The Morgan fingerprint density at radius 2 is 2.16 bits per heavy atom. The fourth-order valence-corrected chi connectivity index (χ4v) is 2.45. The molecule has 3 N–H and O–H groups in total. The fraction of sp³-hybridized carbons (Fsp3) is 0.500. The highest BCUT2D eigenvalue weighted by molar-refractivity contribution is 8.00. The lowest BCUT2D eigenvalue weighted by atomic mass is 10.2. The van der Waals surface area contributed by atoms with Gasteiger partial charge in [0.05, 0.1) is 16.6 Å². The summed E-state index contributed by atoms with van der Waals surface area (Å²) in [5, 5.41) is 2.57. The summed E-state index contributed by atoms with van der Waals surface area (Å²) in [5.41, 5.74) is 6.36. The highest BCUT2D eigenvalue weighted by Gasteiger charge is 2.15. The first kappa shape index (κ1) is 15.8. The van der Waals surface area contributed by atoms with Crippen LogP contribution in [-0.4, -0.2) is 16.9 Å². The Morgan fingerprint density at radius 3 is 2.74 bits per heavy atom. The van der Waals surface area contributed by atoms with Gasteiger partial charge in [0, 0.05) is 0 Å². The molecule has 5 heteroatoms. The quantitative estimate of drug-likeness (QED) is 0.786. The van der Waals surface area contributed by atoms with Crippen LogP contribution in [0.25, 0.3) is 0 Å². The first-order chi connectivity index (χ1) is 8.93. The zero-order valence-electron chi connectivity index (χ0n) is 11.6. The molecule has 0 fully saturated rings. The average molecular weight is 284 g/mol. The highest BCUT2D eigenvalue weighted by Crippen LogP contribution is 2.22. The number of benzene rings is 1. The van der Waals surface area contributed by atoms with Crippen molar-refractivity contribution in [3.05, 3.63) is 24.0 Å². The minimum absolute atomic E-state index is 0.105. The van der Waals surface area contributed by atoms with Crippen molar-refractivity contribution in [3.8, 4) is 0 Å². The summed E-state index contributed by atoms with van der Waals surface area (Å²) in [6, 6.07) is 3.96. The zero-order chi connectivity index (χ0) is 14.4. The lowest BCUT2D eigenvalue weighted by molar-refractivity contribution is -0.115. The second-order valence-corrected chi connectivity index (χ2v) is 6.08. The van der Waals surface area contributed by atoms with Crippen LogP contribution in [0.15, 0.2) is 18.2 Å². The molecular weight excluding hydrogens is 263 g/mol. The third kappa shape index (κ3) is 5.11. The van der Waals surface area contributed by atoms with Crippen molar-refractivity contribution in [3.63, 3.8) is 0 Å². The summed E-state index contributed by atoms with van der Waals surface area (Å²) in [7, 11) is 0. The average Bonchev–Trinajstić information content (AvgIpc) is 2.38. The molecule has 0 radical (unpaired) electrons. The molecule has 2 atom stereocenters. The van der Waals surface area contributed by atoms with E-state index in [1.54, 1.807) is 11.8 Å². The third-order valence-electron chi connectivity index (χ3n) is 2.97. The van der Waals surface area contributed by atoms with Gasteiger partial charge in [0.1, 0.15) is 5.82 Å². The number of carbonyl (C=O) groups is 1. The van der Waals surface area contributed by atoms with Crippen LogP contribution in [0.4, 0.5) is 15.8 Å². The second-order valence-electron chi connectivity index (χ2n) is 4.71. The van der Waals surface area contributed by atoms with Gasteiger partial charge in [0.15, 0.2) is 0 Å². The molecule has 0 heterocycles. The lowest BCUT2D eigenvalue weighted by Gasteiger charge is -2.15. The summed E-state index contributed by atoms with van der Waals surface area (Å²) in [6.45, 7) is 6.16. The number of nitrogens with two attached hydrogens (primary N) is 1. The molecule has 3 nitrogen and oxygen atoms in total. The largest absolute Gasteiger partial charge is 0.397 e. The second kappa shape index (κ2) is 7.38. The predicted molar refractivity (Wildman–Crippen MR) is 80.8 cm³/mol. The van der Waals surface area contributed by atoms with E-state index in [0.717, 1.165) is 12.2 Å². The molecule has 0 spiro atoms. The maximum Gasteiger partial charge on any atom is 0.237 e. The molecule has 19 heavy (non-hydrogen) atoms. The lowest BCUT2D eigenvalue weighted by Crippen LogP contribution is -2.24. The normalized spacial score (nSPS) is 13.9. The molecule has 0 aliphatic heterocycles. The molecule has 0 aliphatic rings. The van der Waals surface area contributed by atoms with Crippen LogP contribution in [0.2, 0.25) is 0 Å². The zero-order valence-corrected chi connectivity index (χ0v) is 12.4. The SMILES string of the molecule is CCC(C)CSC(C)C(=O)Nc1ccc(F)cc1N. The first-order valence-corrected chi connectivity index (χ1v) is 7.46. The Hall–Kier alpha value is -1.23. The van der Waals surface area contributed by atoms with E-state index in [2.05, 4.69) is 19.2 Å². The summed E-state index contributed by atoms with van der Waals surface area (Å²) in [6.07, 6.45) is 1.10. The molecule has 1 amide bonds. The van der Waals surface area contributed by atoms with Gasteiger partial charge in [0.25, 0.3) is 0 Å². The summed E-state index contributed by atoms with van der Waals surface area (Å²) in [4.78, 5) is 12.0. The summed E-state index contributed by atoms with van der Waals surface area (Å²) in [5.74, 6) is 1.03. The van der Waals surface area contributed by atoms with E-state index in [0.29, 0.717) is 11.6 Å². The third-order valence-corrected chi connectivity index (χ3v) is 4.44. The molecule has 1 aromatic carbocycles. The van der Waals surface area contributed by atoms with Crippen LogP contribution < -0.4 is 11.1 Å². The maximum absolute atomic E-state index is 12.9. The molecule has 2 unspecified atom stereocenters. The maximum atomic E-state index is 12.9. The number of hydrogen-bond donors (Lipinski definition) is 2. The Kier molecular flexibility index (Phi) is 6.15. The van der Waals surface area contributed by atoms with Crippen molar-refractivity contribution in [1.82, 2.24) is 0 Å². The van der Waals surface area contributed by atoms with E-state index < -0.39 is 5.82 Å². The van der Waals surface area contributed by atoms with Gasteiger partial charge in [-0.25, -0.2) is 4.39 Å². The first-order valence-electron chi connectivity index (χ1n) is 6.41. The van der Waals surface area contributed by atoms with Crippen LogP contribution in [0.5, 0.6) is 0 Å². The molecule has 0 saturated carbocycles. The minimum Gasteiger partial charge on any atom is -0.397 e.